The number of rotatable bonds is 1. The van der Waals surface area contributed by atoms with Crippen molar-refractivity contribution in [3.05, 3.63) is 23.5 Å². The third-order valence-electron chi connectivity index (χ3n) is 1.64. The predicted molar refractivity (Wildman–Crippen MR) is 45.4 cm³/mol. The van der Waals surface area contributed by atoms with E-state index in [9.17, 15) is 4.39 Å². The van der Waals surface area contributed by atoms with E-state index in [4.69, 9.17) is 15.8 Å². The number of benzene rings is 1. The maximum Gasteiger partial charge on any atom is 0.490 e. The molecule has 0 unspecified atom stereocenters. The zero-order valence-corrected chi connectivity index (χ0v) is 6.58. The molecule has 0 amide bonds. The van der Waals surface area contributed by atoms with Crippen molar-refractivity contribution < 1.29 is 14.4 Å². The first-order valence-electron chi connectivity index (χ1n) is 3.44. The van der Waals surface area contributed by atoms with Gasteiger partial charge in [0.1, 0.15) is 5.82 Å². The lowest BCUT2D eigenvalue weighted by Crippen LogP contribution is -2.32. The molecule has 0 spiro atoms. The summed E-state index contributed by atoms with van der Waals surface area (Å²) in [6.45, 7) is 1.53. The second kappa shape index (κ2) is 3.12. The molecule has 3 nitrogen and oxygen atoms in total. The van der Waals surface area contributed by atoms with Crippen molar-refractivity contribution in [3.8, 4) is 0 Å². The molecule has 0 radical (unpaired) electrons. The van der Waals surface area contributed by atoms with E-state index in [1.54, 1.807) is 0 Å². The zero-order chi connectivity index (χ0) is 9.30. The summed E-state index contributed by atoms with van der Waals surface area (Å²) in [5.74, 6) is -0.447. The molecule has 0 aliphatic rings. The summed E-state index contributed by atoms with van der Waals surface area (Å²) in [5.41, 5.74) is 5.85. The van der Waals surface area contributed by atoms with Crippen molar-refractivity contribution in [2.24, 2.45) is 0 Å². The molecule has 0 bridgehead atoms. The molecule has 0 aliphatic heterocycles. The van der Waals surface area contributed by atoms with Gasteiger partial charge in [-0.15, -0.1) is 0 Å². The van der Waals surface area contributed by atoms with Crippen molar-refractivity contribution in [3.63, 3.8) is 0 Å². The van der Waals surface area contributed by atoms with Crippen LogP contribution in [0.2, 0.25) is 0 Å². The average Bonchev–Trinajstić information content (AvgIpc) is 1.96. The van der Waals surface area contributed by atoms with Gasteiger partial charge in [-0.1, -0.05) is 6.07 Å². The lowest BCUT2D eigenvalue weighted by atomic mass is 9.78. The number of anilines is 1. The number of hydrogen-bond acceptors (Lipinski definition) is 3. The van der Waals surface area contributed by atoms with E-state index in [2.05, 4.69) is 0 Å². The molecule has 0 saturated carbocycles. The van der Waals surface area contributed by atoms with Gasteiger partial charge < -0.3 is 15.8 Å². The third kappa shape index (κ3) is 1.57. The lowest BCUT2D eigenvalue weighted by molar-refractivity contribution is 0.426. The van der Waals surface area contributed by atoms with E-state index >= 15 is 0 Å². The van der Waals surface area contributed by atoms with Crippen LogP contribution >= 0.6 is 0 Å². The lowest BCUT2D eigenvalue weighted by Gasteiger charge is -2.05. The monoisotopic (exact) mass is 169 g/mol. The Balaban J connectivity index is 3.23. The first kappa shape index (κ1) is 9.03. The van der Waals surface area contributed by atoms with Crippen LogP contribution in [-0.2, 0) is 0 Å². The van der Waals surface area contributed by atoms with E-state index in [0.29, 0.717) is 5.56 Å². The summed E-state index contributed by atoms with van der Waals surface area (Å²) >= 11 is 0. The zero-order valence-electron chi connectivity index (χ0n) is 6.58. The first-order valence-corrected chi connectivity index (χ1v) is 3.44. The average molecular weight is 169 g/mol. The fourth-order valence-electron chi connectivity index (χ4n) is 0.943. The molecule has 64 valence electrons. The van der Waals surface area contributed by atoms with Crippen LogP contribution < -0.4 is 11.2 Å². The highest BCUT2D eigenvalue weighted by molar-refractivity contribution is 6.60. The molecule has 1 aromatic rings. The Hall–Kier alpha value is -1.07. The summed E-state index contributed by atoms with van der Waals surface area (Å²) < 4.78 is 12.8. The molecule has 5 heteroatoms. The van der Waals surface area contributed by atoms with Gasteiger partial charge >= 0.3 is 7.12 Å². The second-order valence-electron chi connectivity index (χ2n) is 2.60. The van der Waals surface area contributed by atoms with Gasteiger partial charge in [0.25, 0.3) is 0 Å². The Morgan fingerprint density at radius 3 is 2.50 bits per heavy atom. The van der Waals surface area contributed by atoms with Crippen LogP contribution in [0.1, 0.15) is 5.56 Å². The molecule has 0 aromatic heterocycles. The van der Waals surface area contributed by atoms with Crippen molar-refractivity contribution in [1.82, 2.24) is 0 Å². The Morgan fingerprint density at radius 2 is 2.00 bits per heavy atom. The topological polar surface area (TPSA) is 66.5 Å². The fraction of sp³-hybridized carbons (Fsp3) is 0.143. The van der Waals surface area contributed by atoms with Crippen molar-refractivity contribution >= 4 is 18.3 Å². The van der Waals surface area contributed by atoms with Crippen LogP contribution in [0.25, 0.3) is 0 Å². The highest BCUT2D eigenvalue weighted by atomic mass is 19.1. The minimum atomic E-state index is -1.65. The van der Waals surface area contributed by atoms with Crippen LogP contribution in [0, 0.1) is 12.7 Å². The molecule has 4 N–H and O–H groups in total. The van der Waals surface area contributed by atoms with E-state index in [0.717, 1.165) is 6.07 Å². The standard InChI is InChI=1S/C7H9BFNO2/c1-4-2-5(8(11)12)7(10)3-6(4)9/h2-3,11-12H,10H2,1H3. The summed E-state index contributed by atoms with van der Waals surface area (Å²) in [6, 6.07) is 2.39. The number of nitrogen functional groups attached to an aromatic ring is 1. The van der Waals surface area contributed by atoms with E-state index < -0.39 is 12.9 Å². The summed E-state index contributed by atoms with van der Waals surface area (Å²) in [7, 11) is -1.65. The molecule has 0 heterocycles. The van der Waals surface area contributed by atoms with Gasteiger partial charge in [0.2, 0.25) is 0 Å². The maximum atomic E-state index is 12.8. The first-order chi connectivity index (χ1) is 5.52. The summed E-state index contributed by atoms with van der Waals surface area (Å²) in [5, 5.41) is 17.5. The van der Waals surface area contributed by atoms with Gasteiger partial charge in [0.05, 0.1) is 0 Å². The smallest absolute Gasteiger partial charge is 0.423 e. The van der Waals surface area contributed by atoms with Crippen molar-refractivity contribution in [2.75, 3.05) is 5.73 Å². The van der Waals surface area contributed by atoms with Crippen LogP contribution in [-0.4, -0.2) is 17.2 Å². The van der Waals surface area contributed by atoms with Crippen molar-refractivity contribution in [2.45, 2.75) is 6.92 Å². The molecule has 0 atom stereocenters. The fourth-order valence-corrected chi connectivity index (χ4v) is 0.943. The van der Waals surface area contributed by atoms with Gasteiger partial charge in [-0.3, -0.25) is 0 Å². The van der Waals surface area contributed by atoms with E-state index in [-0.39, 0.29) is 11.2 Å². The van der Waals surface area contributed by atoms with Gasteiger partial charge in [-0.05, 0) is 18.6 Å². The Kier molecular flexibility index (Phi) is 2.35. The normalized spacial score (nSPS) is 10.0. The number of hydrogen-bond donors (Lipinski definition) is 3. The Bertz CT molecular complexity index is 304. The summed E-state index contributed by atoms with van der Waals surface area (Å²) in [4.78, 5) is 0. The maximum absolute atomic E-state index is 12.8. The molecular formula is C7H9BFNO2. The molecule has 0 aliphatic carbocycles. The number of halogens is 1. The largest absolute Gasteiger partial charge is 0.490 e. The molecule has 1 rings (SSSR count). The minimum Gasteiger partial charge on any atom is -0.423 e. The number of nitrogens with two attached hydrogens (primary N) is 1. The van der Waals surface area contributed by atoms with E-state index in [1.165, 1.54) is 13.0 Å². The van der Waals surface area contributed by atoms with Crippen molar-refractivity contribution in [1.29, 1.82) is 0 Å². The SMILES string of the molecule is Cc1cc(B(O)O)c(N)cc1F. The molecule has 0 fully saturated rings. The highest BCUT2D eigenvalue weighted by Crippen LogP contribution is 2.08. The van der Waals surface area contributed by atoms with Crippen LogP contribution in [0.15, 0.2) is 12.1 Å². The van der Waals surface area contributed by atoms with Crippen LogP contribution in [0.4, 0.5) is 10.1 Å². The van der Waals surface area contributed by atoms with Gasteiger partial charge in [0, 0.05) is 11.2 Å². The Labute approximate surface area is 69.8 Å². The second-order valence-corrected chi connectivity index (χ2v) is 2.60. The van der Waals surface area contributed by atoms with Gasteiger partial charge in [-0.25, -0.2) is 4.39 Å². The number of aryl methyl sites for hydroxylation is 1. The van der Waals surface area contributed by atoms with Crippen LogP contribution in [0.3, 0.4) is 0 Å². The quantitative estimate of drug-likeness (QED) is 0.388. The molecular weight excluding hydrogens is 160 g/mol. The minimum absolute atomic E-state index is 0.0492. The highest BCUT2D eigenvalue weighted by Gasteiger charge is 2.16. The van der Waals surface area contributed by atoms with Gasteiger partial charge in [-0.2, -0.15) is 0 Å². The van der Waals surface area contributed by atoms with Crippen LogP contribution in [0.5, 0.6) is 0 Å². The van der Waals surface area contributed by atoms with E-state index in [1.807, 2.05) is 0 Å². The Morgan fingerprint density at radius 1 is 1.42 bits per heavy atom. The predicted octanol–water partition coefficient (Wildman–Crippen LogP) is -0.604. The summed E-state index contributed by atoms with van der Waals surface area (Å²) in [6.07, 6.45) is 0. The third-order valence-corrected chi connectivity index (χ3v) is 1.64. The van der Waals surface area contributed by atoms with Gasteiger partial charge in [0.15, 0.2) is 0 Å². The molecule has 12 heavy (non-hydrogen) atoms. The molecule has 0 saturated heterocycles. The molecule has 1 aromatic carbocycles.